The highest BCUT2D eigenvalue weighted by molar-refractivity contribution is 5.99. The molecule has 7 nitrogen and oxygen atoms in total. The molecule has 26 heavy (non-hydrogen) atoms. The molecule has 0 aromatic heterocycles. The molecule has 0 bridgehead atoms. The fraction of sp³-hybridized carbons (Fsp3) is 0.500. The van der Waals surface area contributed by atoms with E-state index in [4.69, 9.17) is 0 Å². The van der Waals surface area contributed by atoms with Gasteiger partial charge in [0, 0.05) is 23.4 Å². The zero-order valence-electron chi connectivity index (χ0n) is 13.7. The van der Waals surface area contributed by atoms with Crippen molar-refractivity contribution in [1.29, 1.82) is 0 Å². The molecule has 140 valence electrons. The molecular weight excluding hydrogens is 355 g/mol. The average molecular weight is 371 g/mol. The van der Waals surface area contributed by atoms with Gasteiger partial charge in [0.25, 0.3) is 17.3 Å². The van der Waals surface area contributed by atoms with Gasteiger partial charge in [0.1, 0.15) is 0 Å². The summed E-state index contributed by atoms with van der Waals surface area (Å²) in [6, 6.07) is 4.11. The molecule has 3 atom stereocenters. The van der Waals surface area contributed by atoms with Gasteiger partial charge < -0.3 is 5.11 Å². The molecule has 1 aliphatic heterocycles. The van der Waals surface area contributed by atoms with Crippen LogP contribution >= 0.6 is 0 Å². The second-order valence-corrected chi connectivity index (χ2v) is 6.67. The van der Waals surface area contributed by atoms with Crippen LogP contribution in [0.5, 0.6) is 0 Å². The molecule has 1 N–H and O–H groups in total. The number of hydrazone groups is 1. The molecule has 1 fully saturated rings. The maximum Gasteiger partial charge on any atom is 0.439 e. The summed E-state index contributed by atoms with van der Waals surface area (Å²) in [4.78, 5) is 22.6. The Balaban J connectivity index is 2.00. The second kappa shape index (κ2) is 6.04. The maximum atomic E-state index is 13.7. The average Bonchev–Trinajstić information content (AvgIpc) is 2.88. The van der Waals surface area contributed by atoms with Crippen molar-refractivity contribution < 1.29 is 28.0 Å². The van der Waals surface area contributed by atoms with E-state index in [1.165, 1.54) is 0 Å². The predicted octanol–water partition coefficient (Wildman–Crippen LogP) is 3.09. The van der Waals surface area contributed by atoms with Gasteiger partial charge in [-0.25, -0.2) is 0 Å². The van der Waals surface area contributed by atoms with Crippen LogP contribution in [-0.2, 0) is 0 Å². The standard InChI is InChI=1S/C16H16F3N3O4/c1-9-2-7-13-12(8-9)15(24,16(17,18)19)21(20-13)14(23)10-3-5-11(6-4-10)22(25)26/h3-6,9,12,24H,2,7-8H2,1H3/t9-,12+,15+/m1/s1. The fourth-order valence-electron chi connectivity index (χ4n) is 3.46. The van der Waals surface area contributed by atoms with Crippen LogP contribution in [0.2, 0.25) is 0 Å². The number of hydrogen-bond donors (Lipinski definition) is 1. The number of amides is 1. The van der Waals surface area contributed by atoms with Crippen LogP contribution in [0.3, 0.4) is 0 Å². The molecule has 1 aromatic carbocycles. The molecule has 2 aliphatic rings. The van der Waals surface area contributed by atoms with E-state index in [1.54, 1.807) is 6.92 Å². The first-order chi connectivity index (χ1) is 12.1. The molecule has 0 radical (unpaired) electrons. The van der Waals surface area contributed by atoms with Gasteiger partial charge in [-0.2, -0.15) is 23.3 Å². The summed E-state index contributed by atoms with van der Waals surface area (Å²) in [6.07, 6.45) is -4.13. The Morgan fingerprint density at radius 1 is 1.38 bits per heavy atom. The van der Waals surface area contributed by atoms with Crippen molar-refractivity contribution in [3.63, 3.8) is 0 Å². The van der Waals surface area contributed by atoms with Gasteiger partial charge in [0.15, 0.2) is 0 Å². The van der Waals surface area contributed by atoms with E-state index >= 15 is 0 Å². The summed E-state index contributed by atoms with van der Waals surface area (Å²) in [7, 11) is 0. The van der Waals surface area contributed by atoms with Crippen molar-refractivity contribution in [3.05, 3.63) is 39.9 Å². The van der Waals surface area contributed by atoms with Crippen LogP contribution in [0.15, 0.2) is 29.4 Å². The Morgan fingerprint density at radius 2 is 2.00 bits per heavy atom. The van der Waals surface area contributed by atoms with E-state index in [0.717, 1.165) is 24.3 Å². The lowest BCUT2D eigenvalue weighted by atomic mass is 9.76. The van der Waals surface area contributed by atoms with Crippen LogP contribution in [0, 0.1) is 22.0 Å². The van der Waals surface area contributed by atoms with E-state index < -0.39 is 28.6 Å². The normalized spacial score (nSPS) is 28.5. The lowest BCUT2D eigenvalue weighted by molar-refractivity contribution is -0.384. The number of fused-ring (bicyclic) bond motifs is 1. The van der Waals surface area contributed by atoms with Gasteiger partial charge in [-0.15, -0.1) is 0 Å². The molecule has 3 rings (SSSR count). The quantitative estimate of drug-likeness (QED) is 0.638. The van der Waals surface area contributed by atoms with Gasteiger partial charge >= 0.3 is 6.18 Å². The largest absolute Gasteiger partial charge is 0.439 e. The molecule has 0 saturated heterocycles. The number of carbonyl (C=O) groups excluding carboxylic acids is 1. The van der Waals surface area contributed by atoms with Gasteiger partial charge in [-0.1, -0.05) is 6.92 Å². The summed E-state index contributed by atoms with van der Waals surface area (Å²) in [5, 5.41) is 25.1. The fourth-order valence-corrected chi connectivity index (χ4v) is 3.46. The molecule has 1 saturated carbocycles. The van der Waals surface area contributed by atoms with E-state index in [1.807, 2.05) is 0 Å². The van der Waals surface area contributed by atoms with Gasteiger partial charge in [0.05, 0.1) is 10.8 Å². The highest BCUT2D eigenvalue weighted by Gasteiger charge is 2.68. The number of alkyl halides is 3. The number of nitrogens with zero attached hydrogens (tertiary/aromatic N) is 3. The first kappa shape index (κ1) is 18.3. The minimum Gasteiger partial charge on any atom is -0.362 e. The number of halogens is 3. The number of benzene rings is 1. The summed E-state index contributed by atoms with van der Waals surface area (Å²) < 4.78 is 41.2. The molecule has 1 aromatic rings. The lowest BCUT2D eigenvalue weighted by Crippen LogP contribution is -2.61. The summed E-state index contributed by atoms with van der Waals surface area (Å²) in [5.41, 5.74) is -3.80. The summed E-state index contributed by atoms with van der Waals surface area (Å²) >= 11 is 0. The first-order valence-corrected chi connectivity index (χ1v) is 8.01. The van der Waals surface area contributed by atoms with Crippen LogP contribution in [-0.4, -0.2) is 38.6 Å². The van der Waals surface area contributed by atoms with Crippen LogP contribution < -0.4 is 0 Å². The van der Waals surface area contributed by atoms with E-state index in [-0.39, 0.29) is 40.7 Å². The Hall–Kier alpha value is -2.49. The molecule has 10 heteroatoms. The summed E-state index contributed by atoms with van der Waals surface area (Å²) in [6.45, 7) is 1.79. The second-order valence-electron chi connectivity index (χ2n) is 6.67. The Labute approximate surface area is 146 Å². The number of nitro groups is 1. The van der Waals surface area contributed by atoms with Crippen molar-refractivity contribution in [2.45, 2.75) is 38.1 Å². The van der Waals surface area contributed by atoms with E-state index in [9.17, 15) is 33.2 Å². The first-order valence-electron chi connectivity index (χ1n) is 8.01. The minimum atomic E-state index is -5.10. The summed E-state index contributed by atoms with van der Waals surface area (Å²) in [5.74, 6) is -2.51. The zero-order valence-corrected chi connectivity index (χ0v) is 13.7. The number of non-ortho nitro benzene ring substituents is 1. The van der Waals surface area contributed by atoms with E-state index in [2.05, 4.69) is 5.10 Å². The molecular formula is C16H16F3N3O4. The minimum absolute atomic E-state index is 0.0396. The number of rotatable bonds is 2. The lowest BCUT2D eigenvalue weighted by Gasteiger charge is -2.39. The van der Waals surface area contributed by atoms with Crippen molar-refractivity contribution in [1.82, 2.24) is 5.01 Å². The Bertz CT molecular complexity index is 778. The molecule has 1 heterocycles. The highest BCUT2D eigenvalue weighted by Crippen LogP contribution is 2.49. The third kappa shape index (κ3) is 2.74. The highest BCUT2D eigenvalue weighted by atomic mass is 19.4. The Morgan fingerprint density at radius 3 is 2.54 bits per heavy atom. The predicted molar refractivity (Wildman–Crippen MR) is 84.2 cm³/mol. The maximum absolute atomic E-state index is 13.7. The monoisotopic (exact) mass is 371 g/mol. The van der Waals surface area contributed by atoms with Crippen molar-refractivity contribution in [2.24, 2.45) is 16.9 Å². The number of hydrogen-bond acceptors (Lipinski definition) is 5. The SMILES string of the molecule is C[C@@H]1CCC2=NN(C(=O)c3ccc([N+](=O)[O-])cc3)[C@@](O)(C(F)(F)F)[C@H]2C1. The molecule has 1 aliphatic carbocycles. The van der Waals surface area contributed by atoms with Crippen molar-refractivity contribution in [3.8, 4) is 0 Å². The van der Waals surface area contributed by atoms with Gasteiger partial charge in [-0.05, 0) is 37.3 Å². The molecule has 0 unspecified atom stereocenters. The third-order valence-electron chi connectivity index (χ3n) is 4.91. The van der Waals surface area contributed by atoms with Crippen LogP contribution in [0.4, 0.5) is 18.9 Å². The zero-order chi connectivity index (χ0) is 19.3. The Kier molecular flexibility index (Phi) is 4.26. The smallest absolute Gasteiger partial charge is 0.362 e. The van der Waals surface area contributed by atoms with Crippen molar-refractivity contribution in [2.75, 3.05) is 0 Å². The van der Waals surface area contributed by atoms with Crippen LogP contribution in [0.25, 0.3) is 0 Å². The van der Waals surface area contributed by atoms with Gasteiger partial charge in [0.2, 0.25) is 0 Å². The number of nitro benzene ring substituents is 1. The molecule has 0 spiro atoms. The molecule has 1 amide bonds. The van der Waals surface area contributed by atoms with Crippen molar-refractivity contribution >= 4 is 17.3 Å². The van der Waals surface area contributed by atoms with Gasteiger partial charge in [-0.3, -0.25) is 14.9 Å². The van der Waals surface area contributed by atoms with Crippen LogP contribution in [0.1, 0.15) is 36.5 Å². The van der Waals surface area contributed by atoms with E-state index in [0.29, 0.717) is 6.42 Å². The third-order valence-corrected chi connectivity index (χ3v) is 4.91. The topological polar surface area (TPSA) is 96.0 Å². The number of aliphatic hydroxyl groups is 1. The number of carbonyl (C=O) groups is 1.